The molecular formula is C15H17ClO3. The fourth-order valence-corrected chi connectivity index (χ4v) is 3.01. The van der Waals surface area contributed by atoms with Gasteiger partial charge < -0.3 is 14.6 Å². The number of aliphatic hydroxyl groups is 1. The summed E-state index contributed by atoms with van der Waals surface area (Å²) in [6, 6.07) is 3.81. The van der Waals surface area contributed by atoms with Crippen molar-refractivity contribution in [3.63, 3.8) is 0 Å². The maximum atomic E-state index is 10.6. The number of hydrogen-bond acceptors (Lipinski definition) is 3. The van der Waals surface area contributed by atoms with Crippen LogP contribution in [0.3, 0.4) is 0 Å². The summed E-state index contributed by atoms with van der Waals surface area (Å²) >= 11 is 6.15. The summed E-state index contributed by atoms with van der Waals surface area (Å²) in [4.78, 5) is 0. The Morgan fingerprint density at radius 3 is 2.63 bits per heavy atom. The van der Waals surface area contributed by atoms with E-state index in [0.29, 0.717) is 24.8 Å². The average molecular weight is 281 g/mol. The predicted octanol–water partition coefficient (Wildman–Crippen LogP) is 2.67. The van der Waals surface area contributed by atoms with Crippen LogP contribution in [0.25, 0.3) is 5.57 Å². The van der Waals surface area contributed by atoms with Crippen LogP contribution in [0.5, 0.6) is 0 Å². The molecule has 1 N–H and O–H groups in total. The van der Waals surface area contributed by atoms with Crippen molar-refractivity contribution in [2.24, 2.45) is 0 Å². The third-order valence-electron chi connectivity index (χ3n) is 3.77. The zero-order chi connectivity index (χ0) is 13.5. The van der Waals surface area contributed by atoms with Gasteiger partial charge in [-0.25, -0.2) is 0 Å². The van der Waals surface area contributed by atoms with E-state index in [2.05, 4.69) is 6.08 Å². The molecule has 1 aromatic rings. The summed E-state index contributed by atoms with van der Waals surface area (Å²) in [7, 11) is 0. The second-order valence-electron chi connectivity index (χ2n) is 5.22. The highest BCUT2D eigenvalue weighted by atomic mass is 35.5. The third kappa shape index (κ3) is 2.32. The number of aryl methyl sites for hydroxylation is 1. The van der Waals surface area contributed by atoms with Crippen LogP contribution in [0.4, 0.5) is 0 Å². The molecule has 0 spiro atoms. The van der Waals surface area contributed by atoms with Gasteiger partial charge in [0.05, 0.1) is 26.4 Å². The zero-order valence-corrected chi connectivity index (χ0v) is 11.7. The van der Waals surface area contributed by atoms with Crippen LogP contribution in [-0.2, 0) is 15.1 Å². The van der Waals surface area contributed by atoms with E-state index in [4.69, 9.17) is 21.1 Å². The van der Waals surface area contributed by atoms with E-state index in [9.17, 15) is 5.11 Å². The summed E-state index contributed by atoms with van der Waals surface area (Å²) in [5.74, 6) is 0. The lowest BCUT2D eigenvalue weighted by Gasteiger charge is -2.39. The average Bonchev–Trinajstić information content (AvgIpc) is 2.36. The Morgan fingerprint density at radius 1 is 1.26 bits per heavy atom. The Balaban J connectivity index is 2.13. The molecular weight excluding hydrogens is 264 g/mol. The molecule has 1 aromatic carbocycles. The second-order valence-corrected chi connectivity index (χ2v) is 5.66. The Labute approximate surface area is 117 Å². The van der Waals surface area contributed by atoms with Gasteiger partial charge in [0.2, 0.25) is 0 Å². The summed E-state index contributed by atoms with van der Waals surface area (Å²) in [5.41, 5.74) is 3.42. The van der Waals surface area contributed by atoms with Gasteiger partial charge in [-0.15, -0.1) is 0 Å². The number of halogens is 1. The minimum Gasteiger partial charge on any atom is -0.380 e. The minimum atomic E-state index is -0.899. The summed E-state index contributed by atoms with van der Waals surface area (Å²) in [6.07, 6.45) is 2.96. The monoisotopic (exact) mass is 280 g/mol. The fourth-order valence-electron chi connectivity index (χ4n) is 2.74. The molecule has 19 heavy (non-hydrogen) atoms. The molecule has 102 valence electrons. The van der Waals surface area contributed by atoms with Crippen LogP contribution in [0, 0.1) is 6.92 Å². The number of benzene rings is 1. The molecule has 0 aliphatic carbocycles. The molecule has 0 aromatic heterocycles. The maximum absolute atomic E-state index is 10.6. The normalized spacial score (nSPS) is 21.7. The van der Waals surface area contributed by atoms with Crippen molar-refractivity contribution in [2.75, 3.05) is 26.4 Å². The molecule has 1 saturated heterocycles. The Morgan fingerprint density at radius 2 is 2.05 bits per heavy atom. The quantitative estimate of drug-likeness (QED) is 0.905. The van der Waals surface area contributed by atoms with E-state index >= 15 is 0 Å². The Bertz CT molecular complexity index is 532. The van der Waals surface area contributed by atoms with Gasteiger partial charge in [-0.2, -0.15) is 0 Å². The highest BCUT2D eigenvalue weighted by Gasteiger charge is 2.40. The first-order chi connectivity index (χ1) is 9.10. The minimum absolute atomic E-state index is 0.337. The van der Waals surface area contributed by atoms with Crippen LogP contribution in [-0.4, -0.2) is 31.5 Å². The van der Waals surface area contributed by atoms with Gasteiger partial charge in [0.1, 0.15) is 5.60 Å². The maximum Gasteiger partial charge on any atom is 0.137 e. The second kappa shape index (κ2) is 4.91. The molecule has 0 radical (unpaired) electrons. The van der Waals surface area contributed by atoms with Crippen molar-refractivity contribution in [1.29, 1.82) is 0 Å². The summed E-state index contributed by atoms with van der Waals surface area (Å²) in [5, 5.41) is 11.3. The molecule has 3 nitrogen and oxygen atoms in total. The van der Waals surface area contributed by atoms with Gasteiger partial charge in [-0.3, -0.25) is 0 Å². The molecule has 0 atom stereocenters. The zero-order valence-electron chi connectivity index (χ0n) is 10.9. The highest BCUT2D eigenvalue weighted by molar-refractivity contribution is 6.30. The SMILES string of the molecule is Cc1cc(Cl)cc(C2(O)COC2)c1C1=CCOCC1. The molecule has 3 rings (SSSR count). The van der Waals surface area contributed by atoms with E-state index in [0.717, 1.165) is 29.7 Å². The molecule has 1 fully saturated rings. The van der Waals surface area contributed by atoms with Crippen molar-refractivity contribution >= 4 is 17.2 Å². The van der Waals surface area contributed by atoms with E-state index < -0.39 is 5.60 Å². The smallest absolute Gasteiger partial charge is 0.137 e. The molecule has 0 bridgehead atoms. The first-order valence-electron chi connectivity index (χ1n) is 6.48. The van der Waals surface area contributed by atoms with E-state index in [-0.39, 0.29) is 0 Å². The first-order valence-corrected chi connectivity index (χ1v) is 6.86. The largest absolute Gasteiger partial charge is 0.380 e. The molecule has 4 heteroatoms. The lowest BCUT2D eigenvalue weighted by molar-refractivity contribution is -0.184. The fraction of sp³-hybridized carbons (Fsp3) is 0.467. The molecule has 2 aliphatic rings. The predicted molar refractivity (Wildman–Crippen MR) is 74.3 cm³/mol. The Kier molecular flexibility index (Phi) is 3.39. The molecule has 0 unspecified atom stereocenters. The lowest BCUT2D eigenvalue weighted by atomic mass is 9.82. The Hall–Kier alpha value is -0.870. The third-order valence-corrected chi connectivity index (χ3v) is 3.99. The van der Waals surface area contributed by atoms with Crippen LogP contribution >= 0.6 is 11.6 Å². The number of hydrogen-bond donors (Lipinski definition) is 1. The topological polar surface area (TPSA) is 38.7 Å². The van der Waals surface area contributed by atoms with Crippen LogP contribution in [0.2, 0.25) is 5.02 Å². The molecule has 0 saturated carbocycles. The molecule has 2 aliphatic heterocycles. The van der Waals surface area contributed by atoms with Crippen molar-refractivity contribution in [3.8, 4) is 0 Å². The van der Waals surface area contributed by atoms with Crippen LogP contribution in [0.1, 0.15) is 23.1 Å². The van der Waals surface area contributed by atoms with Gasteiger partial charge in [0, 0.05) is 5.02 Å². The van der Waals surface area contributed by atoms with Crippen molar-refractivity contribution in [2.45, 2.75) is 18.9 Å². The van der Waals surface area contributed by atoms with Gasteiger partial charge >= 0.3 is 0 Å². The van der Waals surface area contributed by atoms with Crippen molar-refractivity contribution in [3.05, 3.63) is 39.9 Å². The summed E-state index contributed by atoms with van der Waals surface area (Å²) < 4.78 is 10.5. The van der Waals surface area contributed by atoms with Crippen LogP contribution in [0.15, 0.2) is 18.2 Å². The van der Waals surface area contributed by atoms with Gasteiger partial charge in [0.25, 0.3) is 0 Å². The van der Waals surface area contributed by atoms with Crippen molar-refractivity contribution < 1.29 is 14.6 Å². The molecule has 0 amide bonds. The van der Waals surface area contributed by atoms with Crippen molar-refractivity contribution in [1.82, 2.24) is 0 Å². The van der Waals surface area contributed by atoms with E-state index in [1.807, 2.05) is 19.1 Å². The van der Waals surface area contributed by atoms with Crippen LogP contribution < -0.4 is 0 Å². The first kappa shape index (κ1) is 13.1. The number of ether oxygens (including phenoxy) is 2. The number of rotatable bonds is 2. The van der Waals surface area contributed by atoms with Gasteiger partial charge in [0.15, 0.2) is 0 Å². The standard InChI is InChI=1S/C15H17ClO3/c1-10-6-12(16)7-13(15(17)8-19-9-15)14(10)11-2-4-18-5-3-11/h2,6-7,17H,3-5,8-9H2,1H3. The van der Waals surface area contributed by atoms with Gasteiger partial charge in [-0.1, -0.05) is 17.7 Å². The summed E-state index contributed by atoms with van der Waals surface area (Å²) in [6.45, 7) is 4.06. The molecule has 2 heterocycles. The van der Waals surface area contributed by atoms with E-state index in [1.54, 1.807) is 0 Å². The van der Waals surface area contributed by atoms with Gasteiger partial charge in [-0.05, 0) is 47.7 Å². The highest BCUT2D eigenvalue weighted by Crippen LogP contribution is 2.39. The lowest BCUT2D eigenvalue weighted by Crippen LogP contribution is -2.47. The van der Waals surface area contributed by atoms with E-state index in [1.165, 1.54) is 5.57 Å².